The largest absolute Gasteiger partial charge is 0.379 e. The molecule has 1 fully saturated rings. The van der Waals surface area contributed by atoms with E-state index in [-0.39, 0.29) is 11.5 Å². The normalized spacial score (nSPS) is 16.5. The molecule has 0 aliphatic carbocycles. The number of hydrogen-bond donors (Lipinski definition) is 1. The molecule has 5 nitrogen and oxygen atoms in total. The molecule has 0 aromatic carbocycles. The predicted molar refractivity (Wildman–Crippen MR) is 82.9 cm³/mol. The summed E-state index contributed by atoms with van der Waals surface area (Å²) >= 11 is 1.53. The lowest BCUT2D eigenvalue weighted by Gasteiger charge is -2.26. The van der Waals surface area contributed by atoms with Crippen molar-refractivity contribution in [3.63, 3.8) is 0 Å². The second-order valence-electron chi connectivity index (χ2n) is 4.85. The third-order valence-corrected chi connectivity index (χ3v) is 4.33. The molecule has 2 heterocycles. The molecule has 1 amide bonds. The molecule has 1 aliphatic heterocycles. The van der Waals surface area contributed by atoms with E-state index in [1.165, 1.54) is 11.3 Å². The first-order valence-electron chi connectivity index (χ1n) is 6.95. The van der Waals surface area contributed by atoms with Gasteiger partial charge in [-0.2, -0.15) is 5.26 Å². The molecule has 1 aromatic rings. The lowest BCUT2D eigenvalue weighted by Crippen LogP contribution is -2.41. The Kier molecular flexibility index (Phi) is 5.93. The second-order valence-corrected chi connectivity index (χ2v) is 5.80. The maximum Gasteiger partial charge on any atom is 0.262 e. The summed E-state index contributed by atoms with van der Waals surface area (Å²) in [4.78, 5) is 15.2. The Bertz CT molecular complexity index is 554. The van der Waals surface area contributed by atoms with Crippen molar-refractivity contribution in [1.29, 1.82) is 5.26 Å². The zero-order chi connectivity index (χ0) is 15.1. The van der Waals surface area contributed by atoms with Crippen molar-refractivity contribution in [2.45, 2.75) is 6.92 Å². The number of ether oxygens (including phenoxy) is 1. The molecule has 0 unspecified atom stereocenters. The summed E-state index contributed by atoms with van der Waals surface area (Å²) < 4.78 is 5.27. The molecule has 2 rings (SSSR count). The van der Waals surface area contributed by atoms with Gasteiger partial charge < -0.3 is 10.1 Å². The Hall–Kier alpha value is -1.68. The van der Waals surface area contributed by atoms with Gasteiger partial charge in [0.1, 0.15) is 11.6 Å². The van der Waals surface area contributed by atoms with Crippen molar-refractivity contribution >= 4 is 23.3 Å². The van der Waals surface area contributed by atoms with Gasteiger partial charge in [-0.25, -0.2) is 0 Å². The number of rotatable bonds is 5. The molecule has 0 spiro atoms. The molecule has 112 valence electrons. The van der Waals surface area contributed by atoms with Gasteiger partial charge >= 0.3 is 0 Å². The number of carbonyl (C=O) groups is 1. The van der Waals surface area contributed by atoms with Crippen LogP contribution in [-0.2, 0) is 9.53 Å². The molecule has 1 saturated heterocycles. The summed E-state index contributed by atoms with van der Waals surface area (Å²) in [7, 11) is 0. The van der Waals surface area contributed by atoms with Gasteiger partial charge in [-0.3, -0.25) is 9.69 Å². The minimum atomic E-state index is -0.307. The molecule has 0 radical (unpaired) electrons. The Morgan fingerprint density at radius 3 is 2.95 bits per heavy atom. The van der Waals surface area contributed by atoms with Gasteiger partial charge in [-0.1, -0.05) is 0 Å². The molecule has 0 saturated carbocycles. The van der Waals surface area contributed by atoms with Crippen LogP contribution in [0, 0.1) is 18.3 Å². The zero-order valence-electron chi connectivity index (χ0n) is 12.1. The first-order chi connectivity index (χ1) is 10.2. The number of thiophene rings is 1. The van der Waals surface area contributed by atoms with Gasteiger partial charge in [0, 0.05) is 31.1 Å². The van der Waals surface area contributed by atoms with Crippen LogP contribution in [0.2, 0.25) is 0 Å². The van der Waals surface area contributed by atoms with Crippen molar-refractivity contribution in [3.05, 3.63) is 27.5 Å². The SMILES string of the molecule is Cc1ccsc1C=C(C#N)C(=O)NCCN1CCOCC1. The van der Waals surface area contributed by atoms with E-state index < -0.39 is 0 Å². The van der Waals surface area contributed by atoms with Crippen LogP contribution in [0.3, 0.4) is 0 Å². The number of nitrogens with zero attached hydrogens (tertiary/aromatic N) is 2. The average Bonchev–Trinajstić information content (AvgIpc) is 2.91. The van der Waals surface area contributed by atoms with Gasteiger partial charge in [0.2, 0.25) is 0 Å². The molecule has 21 heavy (non-hydrogen) atoms. The molecular weight excluding hydrogens is 286 g/mol. The highest BCUT2D eigenvalue weighted by atomic mass is 32.1. The first kappa shape index (κ1) is 15.7. The summed E-state index contributed by atoms with van der Waals surface area (Å²) in [6.45, 7) is 6.57. The van der Waals surface area contributed by atoms with E-state index in [9.17, 15) is 4.79 Å². The van der Waals surface area contributed by atoms with Crippen LogP contribution in [0.1, 0.15) is 10.4 Å². The quantitative estimate of drug-likeness (QED) is 0.660. The van der Waals surface area contributed by atoms with E-state index in [1.807, 2.05) is 24.4 Å². The van der Waals surface area contributed by atoms with Crippen molar-refractivity contribution in [1.82, 2.24) is 10.2 Å². The predicted octanol–water partition coefficient (Wildman–Crippen LogP) is 1.41. The first-order valence-corrected chi connectivity index (χ1v) is 7.83. The number of nitriles is 1. The van der Waals surface area contributed by atoms with Crippen LogP contribution >= 0.6 is 11.3 Å². The van der Waals surface area contributed by atoms with Crippen molar-refractivity contribution < 1.29 is 9.53 Å². The monoisotopic (exact) mass is 305 g/mol. The topological polar surface area (TPSA) is 65.4 Å². The van der Waals surface area contributed by atoms with Gasteiger partial charge in [-0.05, 0) is 30.0 Å². The summed E-state index contributed by atoms with van der Waals surface area (Å²) in [6.07, 6.45) is 1.66. The lowest BCUT2D eigenvalue weighted by molar-refractivity contribution is -0.117. The molecular formula is C15H19N3O2S. The molecule has 0 atom stereocenters. The van der Waals surface area contributed by atoms with Crippen LogP contribution in [-0.4, -0.2) is 50.2 Å². The standard InChI is InChI=1S/C15H19N3O2S/c1-12-2-9-21-14(12)10-13(11-16)15(19)17-3-4-18-5-7-20-8-6-18/h2,9-10H,3-8H2,1H3,(H,17,19). The van der Waals surface area contributed by atoms with E-state index in [2.05, 4.69) is 10.2 Å². The van der Waals surface area contributed by atoms with Gasteiger partial charge in [-0.15, -0.1) is 11.3 Å². The fraction of sp³-hybridized carbons (Fsp3) is 0.467. The zero-order valence-corrected chi connectivity index (χ0v) is 12.9. The van der Waals surface area contributed by atoms with Gasteiger partial charge in [0.15, 0.2) is 0 Å². The average molecular weight is 305 g/mol. The Morgan fingerprint density at radius 1 is 1.57 bits per heavy atom. The Balaban J connectivity index is 1.84. The summed E-state index contributed by atoms with van der Waals surface area (Å²) in [5.41, 5.74) is 1.23. The fourth-order valence-electron chi connectivity index (χ4n) is 2.06. The van der Waals surface area contributed by atoms with E-state index in [0.29, 0.717) is 6.54 Å². The minimum Gasteiger partial charge on any atom is -0.379 e. The summed E-state index contributed by atoms with van der Waals surface area (Å²) in [6, 6.07) is 3.95. The molecule has 1 aromatic heterocycles. The van der Waals surface area contributed by atoms with Gasteiger partial charge in [0.05, 0.1) is 13.2 Å². The fourth-order valence-corrected chi connectivity index (χ4v) is 2.92. The third-order valence-electron chi connectivity index (χ3n) is 3.36. The van der Waals surface area contributed by atoms with Crippen LogP contribution in [0.25, 0.3) is 6.08 Å². The number of amides is 1. The summed E-state index contributed by atoms with van der Waals surface area (Å²) in [5.74, 6) is -0.307. The maximum atomic E-state index is 12.0. The maximum absolute atomic E-state index is 12.0. The lowest BCUT2D eigenvalue weighted by atomic mass is 10.2. The number of morpholine rings is 1. The van der Waals surface area contributed by atoms with E-state index >= 15 is 0 Å². The van der Waals surface area contributed by atoms with Crippen LogP contribution in [0.4, 0.5) is 0 Å². The number of hydrogen-bond acceptors (Lipinski definition) is 5. The number of aryl methyl sites for hydroxylation is 1. The smallest absolute Gasteiger partial charge is 0.262 e. The Labute approximate surface area is 128 Å². The van der Waals surface area contributed by atoms with Crippen LogP contribution in [0.15, 0.2) is 17.0 Å². The van der Waals surface area contributed by atoms with Crippen molar-refractivity contribution in [3.8, 4) is 6.07 Å². The van der Waals surface area contributed by atoms with Gasteiger partial charge in [0.25, 0.3) is 5.91 Å². The molecule has 6 heteroatoms. The second kappa shape index (κ2) is 7.93. The van der Waals surface area contributed by atoms with Crippen LogP contribution in [0.5, 0.6) is 0 Å². The molecule has 1 N–H and O–H groups in total. The number of nitrogens with one attached hydrogen (secondary N) is 1. The third kappa shape index (κ3) is 4.67. The van der Waals surface area contributed by atoms with Crippen molar-refractivity contribution in [2.75, 3.05) is 39.4 Å². The summed E-state index contributed by atoms with van der Waals surface area (Å²) in [5, 5.41) is 13.9. The minimum absolute atomic E-state index is 0.155. The Morgan fingerprint density at radius 2 is 2.33 bits per heavy atom. The highest BCUT2D eigenvalue weighted by Gasteiger charge is 2.12. The molecule has 1 aliphatic rings. The molecule has 0 bridgehead atoms. The number of carbonyl (C=O) groups excluding carboxylic acids is 1. The van der Waals surface area contributed by atoms with E-state index in [1.54, 1.807) is 6.08 Å². The van der Waals surface area contributed by atoms with Crippen LogP contribution < -0.4 is 5.32 Å². The van der Waals surface area contributed by atoms with E-state index in [4.69, 9.17) is 10.00 Å². The van der Waals surface area contributed by atoms with Crippen molar-refractivity contribution in [2.24, 2.45) is 0 Å². The highest BCUT2D eigenvalue weighted by molar-refractivity contribution is 7.11. The van der Waals surface area contributed by atoms with E-state index in [0.717, 1.165) is 43.3 Å². The highest BCUT2D eigenvalue weighted by Crippen LogP contribution is 2.18.